The minimum Gasteiger partial charge on any atom is -0.381 e. The number of rotatable bonds is 3. The van der Waals surface area contributed by atoms with Gasteiger partial charge in [0.1, 0.15) is 0 Å². The van der Waals surface area contributed by atoms with Crippen LogP contribution in [0.1, 0.15) is 10.6 Å². The fourth-order valence-electron chi connectivity index (χ4n) is 2.52. The van der Waals surface area contributed by atoms with E-state index >= 15 is 0 Å². The number of anilines is 1. The highest BCUT2D eigenvalue weighted by Gasteiger charge is 2.04. The number of aryl methyl sites for hydroxylation is 1. The van der Waals surface area contributed by atoms with Crippen LogP contribution in [0.3, 0.4) is 0 Å². The van der Waals surface area contributed by atoms with Gasteiger partial charge in [-0.15, -0.1) is 22.7 Å². The standard InChI is InChI=1S/C17H14N2S2/c1-11-19-15-7-6-13(8-17(15)21-11)18-9-12-10-20-16-5-3-2-4-14(12)16/h2-8,10,18H,9H2,1H3. The van der Waals surface area contributed by atoms with Crippen LogP contribution in [-0.2, 0) is 6.54 Å². The Morgan fingerprint density at radius 3 is 2.95 bits per heavy atom. The molecule has 4 aromatic rings. The zero-order valence-electron chi connectivity index (χ0n) is 11.6. The van der Waals surface area contributed by atoms with E-state index in [1.54, 1.807) is 11.3 Å². The Morgan fingerprint density at radius 2 is 2.00 bits per heavy atom. The van der Waals surface area contributed by atoms with Gasteiger partial charge in [0.25, 0.3) is 0 Å². The summed E-state index contributed by atoms with van der Waals surface area (Å²) in [6.45, 7) is 2.91. The average Bonchev–Trinajstić information content (AvgIpc) is 3.07. The molecular formula is C17H14N2S2. The van der Waals surface area contributed by atoms with E-state index in [1.807, 2.05) is 11.3 Å². The first-order valence-corrected chi connectivity index (χ1v) is 8.55. The van der Waals surface area contributed by atoms with Crippen molar-refractivity contribution in [3.05, 3.63) is 58.4 Å². The second-order valence-electron chi connectivity index (χ2n) is 5.03. The lowest BCUT2D eigenvalue weighted by molar-refractivity contribution is 1.18. The van der Waals surface area contributed by atoms with Crippen molar-refractivity contribution >= 4 is 48.7 Å². The van der Waals surface area contributed by atoms with Crippen molar-refractivity contribution in [2.24, 2.45) is 0 Å². The third-order valence-electron chi connectivity index (χ3n) is 3.54. The molecule has 2 nitrogen and oxygen atoms in total. The molecule has 4 heteroatoms. The van der Waals surface area contributed by atoms with Crippen molar-refractivity contribution in [3.63, 3.8) is 0 Å². The van der Waals surface area contributed by atoms with Crippen LogP contribution in [0.25, 0.3) is 20.3 Å². The topological polar surface area (TPSA) is 24.9 Å². The molecule has 2 aromatic heterocycles. The number of aromatic nitrogens is 1. The summed E-state index contributed by atoms with van der Waals surface area (Å²) in [7, 11) is 0. The van der Waals surface area contributed by atoms with Crippen LogP contribution in [0, 0.1) is 6.92 Å². The molecule has 1 N–H and O–H groups in total. The molecule has 0 radical (unpaired) electrons. The van der Waals surface area contributed by atoms with Gasteiger partial charge in [-0.3, -0.25) is 0 Å². The van der Waals surface area contributed by atoms with Gasteiger partial charge >= 0.3 is 0 Å². The van der Waals surface area contributed by atoms with Crippen LogP contribution in [0.15, 0.2) is 47.8 Å². The molecule has 0 aliphatic rings. The van der Waals surface area contributed by atoms with Gasteiger partial charge in [-0.25, -0.2) is 4.98 Å². The van der Waals surface area contributed by atoms with Gasteiger partial charge in [0, 0.05) is 16.9 Å². The van der Waals surface area contributed by atoms with Crippen molar-refractivity contribution in [2.75, 3.05) is 5.32 Å². The Hall–Kier alpha value is -1.91. The summed E-state index contributed by atoms with van der Waals surface area (Å²) < 4.78 is 2.59. The zero-order chi connectivity index (χ0) is 14.2. The molecule has 0 fully saturated rings. The molecule has 0 unspecified atom stereocenters. The van der Waals surface area contributed by atoms with Crippen molar-refractivity contribution in [1.82, 2.24) is 4.98 Å². The summed E-state index contributed by atoms with van der Waals surface area (Å²) in [5.41, 5.74) is 3.60. The monoisotopic (exact) mass is 310 g/mol. The number of fused-ring (bicyclic) bond motifs is 2. The van der Waals surface area contributed by atoms with Crippen LogP contribution in [-0.4, -0.2) is 4.98 Å². The van der Waals surface area contributed by atoms with Crippen molar-refractivity contribution in [1.29, 1.82) is 0 Å². The summed E-state index contributed by atoms with van der Waals surface area (Å²) in [6.07, 6.45) is 0. The van der Waals surface area contributed by atoms with E-state index in [4.69, 9.17) is 0 Å². The van der Waals surface area contributed by atoms with Crippen LogP contribution >= 0.6 is 22.7 Å². The highest BCUT2D eigenvalue weighted by atomic mass is 32.1. The summed E-state index contributed by atoms with van der Waals surface area (Å²) >= 11 is 3.55. The smallest absolute Gasteiger partial charge is 0.0907 e. The first-order valence-electron chi connectivity index (χ1n) is 6.86. The molecule has 0 spiro atoms. The number of nitrogens with zero attached hydrogens (tertiary/aromatic N) is 1. The SMILES string of the molecule is Cc1nc2ccc(NCc3csc4ccccc34)cc2s1. The summed E-state index contributed by atoms with van der Waals surface area (Å²) in [5.74, 6) is 0. The van der Waals surface area contributed by atoms with E-state index in [0.29, 0.717) is 0 Å². The maximum atomic E-state index is 4.50. The summed E-state index contributed by atoms with van der Waals surface area (Å²) in [4.78, 5) is 4.50. The van der Waals surface area contributed by atoms with Crippen molar-refractivity contribution in [3.8, 4) is 0 Å². The quantitative estimate of drug-likeness (QED) is 0.545. The lowest BCUT2D eigenvalue weighted by Gasteiger charge is -2.05. The predicted molar refractivity (Wildman–Crippen MR) is 93.5 cm³/mol. The van der Waals surface area contributed by atoms with E-state index in [2.05, 4.69) is 65.1 Å². The molecule has 104 valence electrons. The molecule has 21 heavy (non-hydrogen) atoms. The Labute approximate surface area is 131 Å². The molecule has 0 saturated carbocycles. The van der Waals surface area contributed by atoms with Gasteiger partial charge in [-0.2, -0.15) is 0 Å². The summed E-state index contributed by atoms with van der Waals surface area (Å²) in [5, 5.41) is 8.24. The van der Waals surface area contributed by atoms with Gasteiger partial charge in [-0.05, 0) is 47.5 Å². The molecule has 0 aliphatic carbocycles. The van der Waals surface area contributed by atoms with Gasteiger partial charge in [0.2, 0.25) is 0 Å². The minimum atomic E-state index is 0.854. The first kappa shape index (κ1) is 12.8. The van der Waals surface area contributed by atoms with E-state index in [9.17, 15) is 0 Å². The van der Waals surface area contributed by atoms with Crippen LogP contribution in [0.4, 0.5) is 5.69 Å². The largest absolute Gasteiger partial charge is 0.381 e. The molecule has 0 atom stereocenters. The number of hydrogen-bond acceptors (Lipinski definition) is 4. The predicted octanol–water partition coefficient (Wildman–Crippen LogP) is 5.43. The van der Waals surface area contributed by atoms with E-state index in [1.165, 1.54) is 20.3 Å². The second kappa shape index (κ2) is 5.13. The normalized spacial score (nSPS) is 11.3. The van der Waals surface area contributed by atoms with Gasteiger partial charge in [-0.1, -0.05) is 18.2 Å². The number of nitrogens with one attached hydrogen (secondary N) is 1. The second-order valence-corrected chi connectivity index (χ2v) is 7.17. The third-order valence-corrected chi connectivity index (χ3v) is 5.49. The maximum Gasteiger partial charge on any atom is 0.0907 e. The first-order chi connectivity index (χ1) is 10.3. The molecule has 4 rings (SSSR count). The highest BCUT2D eigenvalue weighted by Crippen LogP contribution is 2.28. The molecular weight excluding hydrogens is 296 g/mol. The van der Waals surface area contributed by atoms with E-state index < -0.39 is 0 Å². The Bertz CT molecular complexity index is 921. The van der Waals surface area contributed by atoms with Gasteiger partial charge in [0.05, 0.1) is 15.2 Å². The Morgan fingerprint density at radius 1 is 1.10 bits per heavy atom. The lowest BCUT2D eigenvalue weighted by atomic mass is 10.2. The fraction of sp³-hybridized carbons (Fsp3) is 0.118. The molecule has 0 aliphatic heterocycles. The molecule has 0 saturated heterocycles. The Kier molecular flexibility index (Phi) is 3.13. The number of benzene rings is 2. The van der Waals surface area contributed by atoms with E-state index in [-0.39, 0.29) is 0 Å². The van der Waals surface area contributed by atoms with Gasteiger partial charge < -0.3 is 5.32 Å². The minimum absolute atomic E-state index is 0.854. The maximum absolute atomic E-state index is 4.50. The third kappa shape index (κ3) is 2.41. The van der Waals surface area contributed by atoms with Gasteiger partial charge in [0.15, 0.2) is 0 Å². The van der Waals surface area contributed by atoms with E-state index in [0.717, 1.165) is 22.8 Å². The Balaban J connectivity index is 1.60. The molecule has 2 heterocycles. The highest BCUT2D eigenvalue weighted by molar-refractivity contribution is 7.18. The average molecular weight is 310 g/mol. The zero-order valence-corrected chi connectivity index (χ0v) is 13.2. The number of thiophene rings is 1. The molecule has 2 aromatic carbocycles. The molecule has 0 bridgehead atoms. The fourth-order valence-corrected chi connectivity index (χ4v) is 4.35. The van der Waals surface area contributed by atoms with Crippen LogP contribution in [0.2, 0.25) is 0 Å². The van der Waals surface area contributed by atoms with Crippen LogP contribution in [0.5, 0.6) is 0 Å². The number of hydrogen-bond donors (Lipinski definition) is 1. The van der Waals surface area contributed by atoms with Crippen molar-refractivity contribution < 1.29 is 0 Å². The number of thiazole rings is 1. The molecule has 0 amide bonds. The lowest BCUT2D eigenvalue weighted by Crippen LogP contribution is -1.98. The van der Waals surface area contributed by atoms with Crippen molar-refractivity contribution in [2.45, 2.75) is 13.5 Å². The van der Waals surface area contributed by atoms with Crippen LogP contribution < -0.4 is 5.32 Å². The summed E-state index contributed by atoms with van der Waals surface area (Å²) in [6, 6.07) is 15.0.